The van der Waals surface area contributed by atoms with Crippen LogP contribution in [0.5, 0.6) is 11.5 Å². The highest BCUT2D eigenvalue weighted by atomic mass is 127. The van der Waals surface area contributed by atoms with Gasteiger partial charge in [0.2, 0.25) is 0 Å². The van der Waals surface area contributed by atoms with Gasteiger partial charge in [-0.15, -0.1) is 0 Å². The third-order valence-corrected chi connectivity index (χ3v) is 4.45. The summed E-state index contributed by atoms with van der Waals surface area (Å²) in [6.07, 6.45) is 1.47. The van der Waals surface area contributed by atoms with Crippen LogP contribution in [0.2, 0.25) is 0 Å². The molecule has 0 saturated heterocycles. The number of carbonyl (C=O) groups is 2. The van der Waals surface area contributed by atoms with E-state index in [1.165, 1.54) is 24.4 Å². The first-order valence-electron chi connectivity index (χ1n) is 7.71. The minimum atomic E-state index is -3.03. The van der Waals surface area contributed by atoms with Gasteiger partial charge < -0.3 is 15.2 Å². The molecule has 3 rings (SSSR count). The molecule has 0 aromatic heterocycles. The Morgan fingerprint density at radius 3 is 2.63 bits per heavy atom. The lowest BCUT2D eigenvalue weighted by molar-refractivity contribution is -0.114. The summed E-state index contributed by atoms with van der Waals surface area (Å²) < 4.78 is 29.5. The van der Waals surface area contributed by atoms with Crippen LogP contribution in [0.1, 0.15) is 21.5 Å². The highest BCUT2D eigenvalue weighted by molar-refractivity contribution is 14.1. The molecular weight excluding hydrogens is 473 g/mol. The van der Waals surface area contributed by atoms with E-state index in [1.807, 2.05) is 0 Å². The normalized spacial score (nSPS) is 14.9. The van der Waals surface area contributed by atoms with Crippen molar-refractivity contribution in [2.75, 3.05) is 0 Å². The Morgan fingerprint density at radius 2 is 1.93 bits per heavy atom. The molecule has 3 N–H and O–H groups in total. The third kappa shape index (κ3) is 4.35. The SMILES string of the molecule is O=C1NC(=O)c2ccc(I)cc2/C1=C/NCc1ccc(OC(F)F)c(O)c1. The summed E-state index contributed by atoms with van der Waals surface area (Å²) in [7, 11) is 0. The van der Waals surface area contributed by atoms with Gasteiger partial charge in [0.25, 0.3) is 11.8 Å². The molecule has 0 saturated carbocycles. The molecule has 0 aliphatic carbocycles. The Balaban J connectivity index is 1.78. The highest BCUT2D eigenvalue weighted by Gasteiger charge is 2.27. The first kappa shape index (κ1) is 19.1. The third-order valence-electron chi connectivity index (χ3n) is 3.78. The van der Waals surface area contributed by atoms with Gasteiger partial charge in [-0.05, 0) is 58.5 Å². The van der Waals surface area contributed by atoms with Gasteiger partial charge >= 0.3 is 6.61 Å². The van der Waals surface area contributed by atoms with Crippen molar-refractivity contribution in [2.45, 2.75) is 13.2 Å². The number of aromatic hydroxyl groups is 1. The fraction of sp³-hybridized carbons (Fsp3) is 0.111. The topological polar surface area (TPSA) is 87.7 Å². The van der Waals surface area contributed by atoms with E-state index >= 15 is 0 Å². The van der Waals surface area contributed by atoms with Crippen molar-refractivity contribution in [1.29, 1.82) is 0 Å². The number of phenols is 1. The summed E-state index contributed by atoms with van der Waals surface area (Å²) in [6, 6.07) is 9.17. The molecule has 140 valence electrons. The first-order valence-corrected chi connectivity index (χ1v) is 8.79. The molecule has 0 atom stereocenters. The van der Waals surface area contributed by atoms with Gasteiger partial charge in [-0.25, -0.2) is 0 Å². The second kappa shape index (κ2) is 7.91. The fourth-order valence-electron chi connectivity index (χ4n) is 2.58. The number of rotatable bonds is 5. The Hall–Kier alpha value is -2.69. The summed E-state index contributed by atoms with van der Waals surface area (Å²) >= 11 is 2.09. The molecule has 1 heterocycles. The van der Waals surface area contributed by atoms with E-state index in [-0.39, 0.29) is 12.3 Å². The maximum Gasteiger partial charge on any atom is 0.387 e. The molecule has 2 aromatic carbocycles. The average Bonchev–Trinajstić information content (AvgIpc) is 2.59. The summed E-state index contributed by atoms with van der Waals surface area (Å²) in [6.45, 7) is -2.81. The van der Waals surface area contributed by atoms with Crippen LogP contribution in [0.3, 0.4) is 0 Å². The lowest BCUT2D eigenvalue weighted by atomic mass is 9.95. The van der Waals surface area contributed by atoms with Crippen LogP contribution >= 0.6 is 22.6 Å². The number of halogens is 3. The molecule has 1 aliphatic heterocycles. The van der Waals surface area contributed by atoms with Crippen LogP contribution in [0.4, 0.5) is 8.78 Å². The zero-order valence-corrected chi connectivity index (χ0v) is 15.8. The molecular formula is C18H13F2IN2O4. The van der Waals surface area contributed by atoms with Crippen molar-refractivity contribution in [1.82, 2.24) is 10.6 Å². The van der Waals surface area contributed by atoms with Crippen molar-refractivity contribution in [3.63, 3.8) is 0 Å². The van der Waals surface area contributed by atoms with Crippen LogP contribution in [0, 0.1) is 3.57 Å². The second-order valence-corrected chi connectivity index (χ2v) is 6.84. The quantitative estimate of drug-likeness (QED) is 0.344. The van der Waals surface area contributed by atoms with E-state index in [9.17, 15) is 23.5 Å². The first-order chi connectivity index (χ1) is 12.8. The fourth-order valence-corrected chi connectivity index (χ4v) is 3.07. The maximum absolute atomic E-state index is 12.2. The molecule has 6 nitrogen and oxygen atoms in total. The Kier molecular flexibility index (Phi) is 5.59. The van der Waals surface area contributed by atoms with Crippen molar-refractivity contribution < 1.29 is 28.2 Å². The van der Waals surface area contributed by atoms with Crippen LogP contribution in [-0.4, -0.2) is 23.5 Å². The molecule has 0 bridgehead atoms. The zero-order chi connectivity index (χ0) is 19.6. The largest absolute Gasteiger partial charge is 0.504 e. The Labute approximate surface area is 166 Å². The number of nitrogens with one attached hydrogen (secondary N) is 2. The minimum Gasteiger partial charge on any atom is -0.504 e. The number of fused-ring (bicyclic) bond motifs is 1. The number of benzene rings is 2. The molecule has 0 fully saturated rings. The number of phenolic OH excluding ortho intramolecular Hbond substituents is 1. The number of carbonyl (C=O) groups excluding carboxylic acids is 2. The lowest BCUT2D eigenvalue weighted by Crippen LogP contribution is -2.37. The Morgan fingerprint density at radius 1 is 1.15 bits per heavy atom. The Bertz CT molecular complexity index is 947. The van der Waals surface area contributed by atoms with Gasteiger partial charge in [-0.1, -0.05) is 6.07 Å². The summed E-state index contributed by atoms with van der Waals surface area (Å²) in [5.74, 6) is -1.71. The predicted octanol–water partition coefficient (Wildman–Crippen LogP) is 3.00. The second-order valence-electron chi connectivity index (χ2n) is 5.59. The van der Waals surface area contributed by atoms with Crippen LogP contribution in [-0.2, 0) is 11.3 Å². The molecule has 27 heavy (non-hydrogen) atoms. The minimum absolute atomic E-state index is 0.215. The van der Waals surface area contributed by atoms with Crippen LogP contribution in [0.15, 0.2) is 42.6 Å². The van der Waals surface area contributed by atoms with Gasteiger partial charge in [-0.2, -0.15) is 8.78 Å². The van der Waals surface area contributed by atoms with Crippen LogP contribution < -0.4 is 15.4 Å². The van der Waals surface area contributed by atoms with Gasteiger partial charge in [0.1, 0.15) is 0 Å². The number of imide groups is 1. The van der Waals surface area contributed by atoms with E-state index in [0.29, 0.717) is 22.3 Å². The molecule has 0 unspecified atom stereocenters. The molecule has 9 heteroatoms. The average molecular weight is 486 g/mol. The van der Waals surface area contributed by atoms with E-state index < -0.39 is 24.2 Å². The van der Waals surface area contributed by atoms with Gasteiger partial charge in [0, 0.05) is 27.4 Å². The van der Waals surface area contributed by atoms with E-state index in [0.717, 1.165) is 3.57 Å². The van der Waals surface area contributed by atoms with E-state index in [4.69, 9.17) is 0 Å². The number of alkyl halides is 2. The molecule has 1 aliphatic rings. The van der Waals surface area contributed by atoms with Crippen molar-refractivity contribution in [3.8, 4) is 11.5 Å². The number of hydrogen-bond acceptors (Lipinski definition) is 5. The zero-order valence-electron chi connectivity index (χ0n) is 13.6. The summed E-state index contributed by atoms with van der Waals surface area (Å²) in [5.41, 5.74) is 1.80. The number of ether oxygens (including phenoxy) is 1. The van der Waals surface area contributed by atoms with Gasteiger partial charge in [0.05, 0.1) is 5.57 Å². The smallest absolute Gasteiger partial charge is 0.387 e. The van der Waals surface area contributed by atoms with Crippen molar-refractivity contribution in [2.24, 2.45) is 0 Å². The monoisotopic (exact) mass is 486 g/mol. The van der Waals surface area contributed by atoms with Gasteiger partial charge in [0.15, 0.2) is 11.5 Å². The molecule has 0 radical (unpaired) electrons. The summed E-state index contributed by atoms with van der Waals surface area (Å²) in [4.78, 5) is 24.1. The van der Waals surface area contributed by atoms with Gasteiger partial charge in [-0.3, -0.25) is 14.9 Å². The molecule has 2 amide bonds. The lowest BCUT2D eigenvalue weighted by Gasteiger charge is -2.18. The van der Waals surface area contributed by atoms with E-state index in [1.54, 1.807) is 18.2 Å². The predicted molar refractivity (Wildman–Crippen MR) is 101 cm³/mol. The number of amides is 2. The van der Waals surface area contributed by atoms with Crippen molar-refractivity contribution in [3.05, 3.63) is 62.9 Å². The molecule has 0 spiro atoms. The standard InChI is InChI=1S/C18H13F2IN2O4/c19-18(20)27-15-4-1-9(5-14(15)24)7-22-8-13-12-6-10(21)2-3-11(12)16(25)23-17(13)26/h1-6,8,18,22,24H,7H2,(H,23,25,26)/b13-8-. The van der Waals surface area contributed by atoms with Crippen molar-refractivity contribution >= 4 is 40.0 Å². The highest BCUT2D eigenvalue weighted by Crippen LogP contribution is 2.28. The molecule has 2 aromatic rings. The van der Waals surface area contributed by atoms with E-state index in [2.05, 4.69) is 38.0 Å². The summed E-state index contributed by atoms with van der Waals surface area (Å²) in [5, 5.41) is 14.9. The number of hydrogen-bond donors (Lipinski definition) is 3. The maximum atomic E-state index is 12.2. The van der Waals surface area contributed by atoms with Crippen LogP contribution in [0.25, 0.3) is 5.57 Å².